The van der Waals surface area contributed by atoms with Crippen molar-refractivity contribution >= 4 is 27.0 Å². The molecular weight excluding hydrogens is 450 g/mol. The maximum atomic E-state index is 12.3. The molecule has 0 heterocycles. The first-order chi connectivity index (χ1) is 14.6. The van der Waals surface area contributed by atoms with E-state index >= 15 is 0 Å². The molecule has 0 radical (unpaired) electrons. The van der Waals surface area contributed by atoms with Crippen LogP contribution in [0.2, 0.25) is 0 Å². The van der Waals surface area contributed by atoms with Gasteiger partial charge in [-0.2, -0.15) is 0 Å². The number of nitrogens with one attached hydrogen (secondary N) is 2. The van der Waals surface area contributed by atoms with E-state index in [2.05, 4.69) is 23.8 Å². The highest BCUT2D eigenvalue weighted by atomic mass is 31.2. The summed E-state index contributed by atoms with van der Waals surface area (Å²) in [4.78, 5) is 24.1. The highest BCUT2D eigenvalue weighted by molar-refractivity contribution is 7.54. The normalized spacial score (nSPS) is 11.7. The Morgan fingerprint density at radius 3 is 1.23 bits per heavy atom. The van der Waals surface area contributed by atoms with Crippen molar-refractivity contribution in [3.8, 4) is 0 Å². The summed E-state index contributed by atoms with van der Waals surface area (Å²) in [5.74, 6) is -1.19. The zero-order chi connectivity index (χ0) is 23.9. The van der Waals surface area contributed by atoms with Crippen LogP contribution < -0.4 is 10.6 Å². The van der Waals surface area contributed by atoms with Crippen molar-refractivity contribution in [2.45, 2.75) is 27.7 Å². The molecule has 0 atom stereocenters. The Labute approximate surface area is 183 Å². The second-order valence-electron chi connectivity index (χ2n) is 5.92. The van der Waals surface area contributed by atoms with Gasteiger partial charge in [0.1, 0.15) is 12.6 Å². The summed E-state index contributed by atoms with van der Waals surface area (Å²) >= 11 is 0. The highest BCUT2D eigenvalue weighted by Crippen LogP contribution is 2.47. The zero-order valence-corrected chi connectivity index (χ0v) is 20.4. The summed E-state index contributed by atoms with van der Waals surface area (Å²) in [6.07, 6.45) is -0.608. The van der Waals surface area contributed by atoms with Crippen LogP contribution in [0.3, 0.4) is 0 Å². The maximum absolute atomic E-state index is 12.3. The van der Waals surface area contributed by atoms with Gasteiger partial charge in [-0.15, -0.1) is 0 Å². The molecule has 0 unspecified atom stereocenters. The van der Waals surface area contributed by atoms with Crippen molar-refractivity contribution in [1.29, 1.82) is 0 Å². The molecule has 11 nitrogen and oxygen atoms in total. The summed E-state index contributed by atoms with van der Waals surface area (Å²) in [7, 11) is -6.85. The van der Waals surface area contributed by atoms with Gasteiger partial charge in [-0.05, 0) is 27.7 Å². The van der Waals surface area contributed by atoms with Crippen LogP contribution in [-0.4, -0.2) is 64.0 Å². The molecule has 0 spiro atoms. The van der Waals surface area contributed by atoms with Crippen LogP contribution in [0.1, 0.15) is 27.7 Å². The zero-order valence-electron chi connectivity index (χ0n) is 18.6. The number of rotatable bonds is 18. The molecule has 0 bridgehead atoms. The molecule has 0 aromatic heterocycles. The van der Waals surface area contributed by atoms with Gasteiger partial charge in [-0.1, -0.05) is 13.2 Å². The molecule has 2 amide bonds. The number of hydrogen-bond donors (Lipinski definition) is 2. The quantitative estimate of drug-likeness (QED) is 0.222. The Morgan fingerprint density at radius 1 is 0.677 bits per heavy atom. The third-order valence-electron chi connectivity index (χ3n) is 3.36. The minimum Gasteiger partial charge on any atom is -0.372 e. The Kier molecular flexibility index (Phi) is 14.8. The number of carbonyl (C=O) groups excluding carboxylic acids is 2. The fourth-order valence-electron chi connectivity index (χ4n) is 2.06. The Hall–Kier alpha value is -1.32. The number of hydrogen-bond acceptors (Lipinski definition) is 9. The van der Waals surface area contributed by atoms with Gasteiger partial charge in [-0.3, -0.25) is 18.7 Å². The second-order valence-corrected chi connectivity index (χ2v) is 10.0. The molecule has 0 aliphatic heterocycles. The molecule has 13 heteroatoms. The molecular formula is C18H34N2O9P2. The molecule has 0 aliphatic carbocycles. The third kappa shape index (κ3) is 12.3. The number of ether oxygens (including phenoxy) is 1. The van der Waals surface area contributed by atoms with Gasteiger partial charge in [0.2, 0.25) is 11.8 Å². The molecule has 0 saturated carbocycles. The first-order valence-corrected chi connectivity index (χ1v) is 13.3. The van der Waals surface area contributed by atoms with Crippen molar-refractivity contribution in [2.24, 2.45) is 0 Å². The van der Waals surface area contributed by atoms with E-state index in [-0.39, 0.29) is 63.4 Å². The first kappa shape index (κ1) is 29.7. The topological polar surface area (TPSA) is 138 Å². The molecule has 180 valence electrons. The van der Waals surface area contributed by atoms with Crippen LogP contribution in [-0.2, 0) is 41.6 Å². The van der Waals surface area contributed by atoms with E-state index in [9.17, 15) is 18.7 Å². The summed E-state index contributed by atoms with van der Waals surface area (Å²) < 4.78 is 50.2. The Bertz CT molecular complexity index is 634. The summed E-state index contributed by atoms with van der Waals surface area (Å²) in [5.41, 5.74) is 0.0925. The van der Waals surface area contributed by atoms with Crippen LogP contribution in [0.4, 0.5) is 0 Å². The summed E-state index contributed by atoms with van der Waals surface area (Å²) in [5, 5.41) is 4.84. The molecule has 0 aromatic carbocycles. The molecule has 2 N–H and O–H groups in total. The molecule has 0 saturated heterocycles. The summed E-state index contributed by atoms with van der Waals surface area (Å²) in [6.45, 7) is 14.1. The van der Waals surface area contributed by atoms with Crippen LogP contribution in [0, 0.1) is 0 Å². The predicted octanol–water partition coefficient (Wildman–Crippen LogP) is 2.80. The maximum Gasteiger partial charge on any atom is 0.349 e. The van der Waals surface area contributed by atoms with E-state index < -0.39 is 27.0 Å². The predicted molar refractivity (Wildman–Crippen MR) is 117 cm³/mol. The molecule has 0 fully saturated rings. The second kappa shape index (κ2) is 15.5. The van der Waals surface area contributed by atoms with Crippen molar-refractivity contribution < 1.29 is 41.6 Å². The lowest BCUT2D eigenvalue weighted by Gasteiger charge is -2.18. The van der Waals surface area contributed by atoms with Gasteiger partial charge < -0.3 is 33.5 Å². The molecule has 31 heavy (non-hydrogen) atoms. The molecule has 0 aliphatic rings. The first-order valence-electron chi connectivity index (χ1n) is 9.82. The average Bonchev–Trinajstić information content (AvgIpc) is 2.71. The molecule has 0 rings (SSSR count). The van der Waals surface area contributed by atoms with Crippen molar-refractivity contribution in [3.63, 3.8) is 0 Å². The van der Waals surface area contributed by atoms with Gasteiger partial charge >= 0.3 is 15.2 Å². The van der Waals surface area contributed by atoms with E-state index in [1.165, 1.54) is 0 Å². The lowest BCUT2D eigenvalue weighted by Crippen LogP contribution is -2.30. The Morgan fingerprint density at radius 2 is 0.968 bits per heavy atom. The van der Waals surface area contributed by atoms with Crippen molar-refractivity contribution in [3.05, 3.63) is 24.3 Å². The number of amides is 2. The van der Waals surface area contributed by atoms with Crippen molar-refractivity contribution in [2.75, 3.05) is 52.2 Å². The van der Waals surface area contributed by atoms with Gasteiger partial charge in [0.05, 0.1) is 39.6 Å². The van der Waals surface area contributed by atoms with E-state index in [0.717, 1.165) is 0 Å². The fraction of sp³-hybridized carbons (Fsp3) is 0.667. The summed E-state index contributed by atoms with van der Waals surface area (Å²) in [6, 6.07) is 0. The van der Waals surface area contributed by atoms with E-state index in [1.807, 2.05) is 0 Å². The van der Waals surface area contributed by atoms with Gasteiger partial charge in [0.15, 0.2) is 0 Å². The smallest absolute Gasteiger partial charge is 0.349 e. The third-order valence-corrected chi connectivity index (χ3v) is 7.06. The lowest BCUT2D eigenvalue weighted by molar-refractivity contribution is -0.117. The van der Waals surface area contributed by atoms with Crippen LogP contribution in [0.15, 0.2) is 24.3 Å². The van der Waals surface area contributed by atoms with E-state index in [0.29, 0.717) is 0 Å². The van der Waals surface area contributed by atoms with Gasteiger partial charge in [0, 0.05) is 11.1 Å². The van der Waals surface area contributed by atoms with Gasteiger partial charge in [0.25, 0.3) is 0 Å². The highest BCUT2D eigenvalue weighted by Gasteiger charge is 2.26. The van der Waals surface area contributed by atoms with E-state index in [1.54, 1.807) is 27.7 Å². The Balaban J connectivity index is 4.41. The van der Waals surface area contributed by atoms with Crippen LogP contribution >= 0.6 is 15.2 Å². The van der Waals surface area contributed by atoms with Crippen LogP contribution in [0.5, 0.6) is 0 Å². The standard InChI is InChI=1S/C18H34N2O9P2/c1-7-26-30(23,27-8-2)13-19-17(21)15(5)11-25-12-16(6)18(22)20-14-31(24,28-9-3)29-10-4/h5-14H2,1-4H3,(H,19,21)(H,20,22). The van der Waals surface area contributed by atoms with Crippen molar-refractivity contribution in [1.82, 2.24) is 10.6 Å². The SMILES string of the molecule is C=C(COCC(=C)C(=O)NCP(=O)(OCC)OCC)C(=O)NCP(=O)(OCC)OCC. The minimum absolute atomic E-state index is 0.0462. The molecule has 0 aromatic rings. The van der Waals surface area contributed by atoms with E-state index in [4.69, 9.17) is 22.8 Å². The van der Waals surface area contributed by atoms with Crippen LogP contribution in [0.25, 0.3) is 0 Å². The largest absolute Gasteiger partial charge is 0.372 e. The minimum atomic E-state index is -3.42. The van der Waals surface area contributed by atoms with Gasteiger partial charge in [-0.25, -0.2) is 0 Å². The monoisotopic (exact) mass is 484 g/mol. The fourth-order valence-corrected chi connectivity index (χ4v) is 4.82. The lowest BCUT2D eigenvalue weighted by atomic mass is 10.3. The number of carbonyl (C=O) groups is 2. The average molecular weight is 484 g/mol.